The molecular formula is C12H20N4O. The summed E-state index contributed by atoms with van der Waals surface area (Å²) in [4.78, 5) is 10.9. The molecule has 0 aliphatic carbocycles. The first-order valence-corrected chi connectivity index (χ1v) is 6.22. The normalized spacial score (nSPS) is 17.4. The van der Waals surface area contributed by atoms with E-state index in [9.17, 15) is 0 Å². The second-order valence-electron chi connectivity index (χ2n) is 4.53. The van der Waals surface area contributed by atoms with E-state index in [-0.39, 0.29) is 0 Å². The van der Waals surface area contributed by atoms with E-state index in [2.05, 4.69) is 14.9 Å². The second kappa shape index (κ2) is 5.31. The predicted molar refractivity (Wildman–Crippen MR) is 67.8 cm³/mol. The van der Waals surface area contributed by atoms with Crippen molar-refractivity contribution in [2.45, 2.75) is 26.2 Å². The molecule has 1 aliphatic heterocycles. The Morgan fingerprint density at radius 1 is 1.41 bits per heavy atom. The SMILES string of the molecule is CCc1nc(N)cc(N2CCC(CO)CC2)n1. The summed E-state index contributed by atoms with van der Waals surface area (Å²) in [5.74, 6) is 2.70. The summed E-state index contributed by atoms with van der Waals surface area (Å²) in [7, 11) is 0. The molecule has 2 heterocycles. The highest BCUT2D eigenvalue weighted by Crippen LogP contribution is 2.22. The highest BCUT2D eigenvalue weighted by atomic mass is 16.3. The van der Waals surface area contributed by atoms with Crippen molar-refractivity contribution in [1.82, 2.24) is 9.97 Å². The van der Waals surface area contributed by atoms with Gasteiger partial charge < -0.3 is 15.7 Å². The summed E-state index contributed by atoms with van der Waals surface area (Å²) in [6, 6.07) is 1.83. The summed E-state index contributed by atoms with van der Waals surface area (Å²) in [6.45, 7) is 4.19. The van der Waals surface area contributed by atoms with Crippen molar-refractivity contribution in [3.63, 3.8) is 0 Å². The van der Waals surface area contributed by atoms with Crippen LogP contribution < -0.4 is 10.6 Å². The van der Waals surface area contributed by atoms with Gasteiger partial charge in [0.25, 0.3) is 0 Å². The standard InChI is InChI=1S/C12H20N4O/c1-2-11-14-10(13)7-12(15-11)16-5-3-9(8-17)4-6-16/h7,9,17H,2-6,8H2,1H3,(H2,13,14,15). The molecule has 1 fully saturated rings. The van der Waals surface area contributed by atoms with Gasteiger partial charge in [-0.05, 0) is 18.8 Å². The third kappa shape index (κ3) is 2.85. The number of nitrogens with zero attached hydrogens (tertiary/aromatic N) is 3. The quantitative estimate of drug-likeness (QED) is 0.813. The van der Waals surface area contributed by atoms with Crippen LogP contribution in [0.25, 0.3) is 0 Å². The van der Waals surface area contributed by atoms with E-state index in [0.717, 1.165) is 44.0 Å². The van der Waals surface area contributed by atoms with E-state index in [1.807, 2.05) is 13.0 Å². The molecule has 1 saturated heterocycles. The number of piperidine rings is 1. The van der Waals surface area contributed by atoms with Gasteiger partial charge in [-0.2, -0.15) is 0 Å². The Hall–Kier alpha value is -1.36. The van der Waals surface area contributed by atoms with E-state index in [1.54, 1.807) is 0 Å². The molecule has 1 aromatic heterocycles. The molecule has 0 saturated carbocycles. The smallest absolute Gasteiger partial charge is 0.134 e. The summed E-state index contributed by atoms with van der Waals surface area (Å²) < 4.78 is 0. The summed E-state index contributed by atoms with van der Waals surface area (Å²) in [5, 5.41) is 9.11. The Morgan fingerprint density at radius 3 is 2.71 bits per heavy atom. The molecule has 0 spiro atoms. The highest BCUT2D eigenvalue weighted by molar-refractivity contribution is 5.47. The van der Waals surface area contributed by atoms with E-state index in [4.69, 9.17) is 10.8 Å². The molecule has 0 unspecified atom stereocenters. The zero-order valence-corrected chi connectivity index (χ0v) is 10.3. The minimum atomic E-state index is 0.292. The van der Waals surface area contributed by atoms with E-state index in [1.165, 1.54) is 0 Å². The van der Waals surface area contributed by atoms with Crippen molar-refractivity contribution in [3.05, 3.63) is 11.9 Å². The third-order valence-electron chi connectivity index (χ3n) is 3.29. The number of hydrogen-bond donors (Lipinski definition) is 2. The van der Waals surface area contributed by atoms with Crippen molar-refractivity contribution >= 4 is 11.6 Å². The summed E-state index contributed by atoms with van der Waals surface area (Å²) in [5.41, 5.74) is 5.78. The number of nitrogen functional groups attached to an aromatic ring is 1. The average molecular weight is 236 g/mol. The van der Waals surface area contributed by atoms with Gasteiger partial charge in [0, 0.05) is 32.2 Å². The molecule has 0 radical (unpaired) electrons. The number of aliphatic hydroxyl groups is 1. The van der Waals surface area contributed by atoms with Crippen LogP contribution in [0, 0.1) is 5.92 Å². The van der Waals surface area contributed by atoms with Crippen molar-refractivity contribution in [2.24, 2.45) is 5.92 Å². The first-order chi connectivity index (χ1) is 8.22. The zero-order valence-electron chi connectivity index (χ0n) is 10.3. The van der Waals surface area contributed by atoms with E-state index in [0.29, 0.717) is 18.3 Å². The monoisotopic (exact) mass is 236 g/mol. The average Bonchev–Trinajstić information content (AvgIpc) is 2.38. The van der Waals surface area contributed by atoms with E-state index < -0.39 is 0 Å². The van der Waals surface area contributed by atoms with Crippen molar-refractivity contribution in [2.75, 3.05) is 30.3 Å². The topological polar surface area (TPSA) is 75.3 Å². The van der Waals surface area contributed by atoms with Crippen LogP contribution in [0.15, 0.2) is 6.07 Å². The lowest BCUT2D eigenvalue weighted by Gasteiger charge is -2.32. The van der Waals surface area contributed by atoms with Crippen LogP contribution in [0.1, 0.15) is 25.6 Å². The number of rotatable bonds is 3. The van der Waals surface area contributed by atoms with Gasteiger partial charge in [-0.15, -0.1) is 0 Å². The lowest BCUT2D eigenvalue weighted by Crippen LogP contribution is -2.35. The fourth-order valence-corrected chi connectivity index (χ4v) is 2.17. The molecule has 0 atom stereocenters. The van der Waals surface area contributed by atoms with Crippen LogP contribution >= 0.6 is 0 Å². The number of aromatic nitrogens is 2. The van der Waals surface area contributed by atoms with Crippen molar-refractivity contribution in [1.29, 1.82) is 0 Å². The van der Waals surface area contributed by atoms with Crippen LogP contribution in [0.2, 0.25) is 0 Å². The molecule has 0 amide bonds. The number of hydrogen-bond acceptors (Lipinski definition) is 5. The molecule has 5 nitrogen and oxygen atoms in total. The van der Waals surface area contributed by atoms with Crippen LogP contribution in [0.3, 0.4) is 0 Å². The Kier molecular flexibility index (Phi) is 3.78. The van der Waals surface area contributed by atoms with Crippen LogP contribution in [0.5, 0.6) is 0 Å². The lowest BCUT2D eigenvalue weighted by atomic mass is 9.98. The molecule has 1 aliphatic rings. The Morgan fingerprint density at radius 2 is 2.12 bits per heavy atom. The van der Waals surface area contributed by atoms with Gasteiger partial charge in [0.15, 0.2) is 0 Å². The molecule has 2 rings (SSSR count). The van der Waals surface area contributed by atoms with Crippen molar-refractivity contribution < 1.29 is 5.11 Å². The molecule has 1 aromatic rings. The molecule has 94 valence electrons. The summed E-state index contributed by atoms with van der Waals surface area (Å²) >= 11 is 0. The minimum Gasteiger partial charge on any atom is -0.396 e. The fourth-order valence-electron chi connectivity index (χ4n) is 2.17. The van der Waals surface area contributed by atoms with Crippen LogP contribution in [0.4, 0.5) is 11.6 Å². The van der Waals surface area contributed by atoms with Crippen LogP contribution in [-0.4, -0.2) is 34.8 Å². The van der Waals surface area contributed by atoms with Crippen molar-refractivity contribution in [3.8, 4) is 0 Å². The minimum absolute atomic E-state index is 0.292. The zero-order chi connectivity index (χ0) is 12.3. The molecule has 0 aromatic carbocycles. The second-order valence-corrected chi connectivity index (χ2v) is 4.53. The first kappa shape index (κ1) is 12.1. The maximum absolute atomic E-state index is 9.11. The largest absolute Gasteiger partial charge is 0.396 e. The molecule has 5 heteroatoms. The van der Waals surface area contributed by atoms with Gasteiger partial charge in [-0.1, -0.05) is 6.92 Å². The van der Waals surface area contributed by atoms with Gasteiger partial charge >= 0.3 is 0 Å². The first-order valence-electron chi connectivity index (χ1n) is 6.22. The van der Waals surface area contributed by atoms with Crippen LogP contribution in [-0.2, 0) is 6.42 Å². The fraction of sp³-hybridized carbons (Fsp3) is 0.667. The maximum atomic E-state index is 9.11. The highest BCUT2D eigenvalue weighted by Gasteiger charge is 2.20. The van der Waals surface area contributed by atoms with Gasteiger partial charge in [0.1, 0.15) is 17.5 Å². The predicted octanol–water partition coefficient (Wildman–Crippen LogP) is 0.830. The molecular weight excluding hydrogens is 216 g/mol. The Labute approximate surface area is 102 Å². The summed E-state index contributed by atoms with van der Waals surface area (Å²) in [6.07, 6.45) is 2.83. The molecule has 0 bridgehead atoms. The number of anilines is 2. The number of aryl methyl sites for hydroxylation is 1. The number of aliphatic hydroxyl groups excluding tert-OH is 1. The molecule has 3 N–H and O–H groups in total. The maximum Gasteiger partial charge on any atom is 0.134 e. The van der Waals surface area contributed by atoms with Gasteiger partial charge in [0.05, 0.1) is 0 Å². The molecule has 17 heavy (non-hydrogen) atoms. The van der Waals surface area contributed by atoms with E-state index >= 15 is 0 Å². The lowest BCUT2D eigenvalue weighted by molar-refractivity contribution is 0.203. The van der Waals surface area contributed by atoms with Gasteiger partial charge in [0.2, 0.25) is 0 Å². The van der Waals surface area contributed by atoms with Gasteiger partial charge in [-0.3, -0.25) is 0 Å². The Balaban J connectivity index is 2.10. The van der Waals surface area contributed by atoms with Gasteiger partial charge in [-0.25, -0.2) is 9.97 Å². The Bertz CT molecular complexity index is 375. The third-order valence-corrected chi connectivity index (χ3v) is 3.29. The number of nitrogens with two attached hydrogens (primary N) is 1.